The van der Waals surface area contributed by atoms with Gasteiger partial charge in [0.1, 0.15) is 0 Å². The summed E-state index contributed by atoms with van der Waals surface area (Å²) in [6.07, 6.45) is 6.92. The first kappa shape index (κ1) is 18.2. The number of para-hydroxylation sites is 1. The van der Waals surface area contributed by atoms with Crippen LogP contribution in [0.3, 0.4) is 0 Å². The Hall–Kier alpha value is -2.63. The maximum atomic E-state index is 12.5. The van der Waals surface area contributed by atoms with Gasteiger partial charge < -0.3 is 10.2 Å². The maximum Gasteiger partial charge on any atom is 0.243 e. The van der Waals surface area contributed by atoms with Crippen LogP contribution in [0.1, 0.15) is 0 Å². The molecule has 1 amide bonds. The fourth-order valence-corrected chi connectivity index (χ4v) is 3.05. The standard InChI is InChI=1S/C19H16Cl2N4O/c1-25(12-18(26)24-19-15(20)5-2-6-16(19)21)17-7-9-23-11-14(17)13-4-3-8-22-10-13/h2-11H,12H2,1H3,(H,24,26). The average molecular weight is 387 g/mol. The molecule has 132 valence electrons. The Labute approximate surface area is 161 Å². The monoisotopic (exact) mass is 386 g/mol. The molecular weight excluding hydrogens is 371 g/mol. The van der Waals surface area contributed by atoms with Gasteiger partial charge in [0.2, 0.25) is 5.91 Å². The molecule has 3 rings (SSSR count). The predicted molar refractivity (Wildman–Crippen MR) is 106 cm³/mol. The van der Waals surface area contributed by atoms with Crippen molar-refractivity contribution in [2.75, 3.05) is 23.8 Å². The Balaban J connectivity index is 1.79. The van der Waals surface area contributed by atoms with Gasteiger partial charge in [-0.05, 0) is 24.3 Å². The van der Waals surface area contributed by atoms with E-state index in [0.717, 1.165) is 16.8 Å². The molecule has 0 fully saturated rings. The molecule has 0 saturated carbocycles. The molecule has 26 heavy (non-hydrogen) atoms. The number of aromatic nitrogens is 2. The number of hydrogen-bond acceptors (Lipinski definition) is 4. The van der Waals surface area contributed by atoms with Gasteiger partial charge in [0.25, 0.3) is 0 Å². The largest absolute Gasteiger partial charge is 0.365 e. The summed E-state index contributed by atoms with van der Waals surface area (Å²) >= 11 is 12.2. The van der Waals surface area contributed by atoms with Gasteiger partial charge in [-0.15, -0.1) is 0 Å². The van der Waals surface area contributed by atoms with E-state index < -0.39 is 0 Å². The maximum absolute atomic E-state index is 12.5. The van der Waals surface area contributed by atoms with E-state index in [2.05, 4.69) is 15.3 Å². The highest BCUT2D eigenvalue weighted by Gasteiger charge is 2.15. The molecule has 2 aromatic heterocycles. The lowest BCUT2D eigenvalue weighted by Crippen LogP contribution is -2.30. The SMILES string of the molecule is CN(CC(=O)Nc1c(Cl)cccc1Cl)c1ccncc1-c1cccnc1. The quantitative estimate of drug-likeness (QED) is 0.699. The van der Waals surface area contributed by atoms with Gasteiger partial charge in [-0.25, -0.2) is 0 Å². The van der Waals surface area contributed by atoms with Crippen molar-refractivity contribution in [3.63, 3.8) is 0 Å². The summed E-state index contributed by atoms with van der Waals surface area (Å²) in [6, 6.07) is 10.7. The number of pyridine rings is 2. The van der Waals surface area contributed by atoms with Crippen molar-refractivity contribution in [3.05, 3.63) is 71.2 Å². The van der Waals surface area contributed by atoms with Crippen molar-refractivity contribution in [1.29, 1.82) is 0 Å². The van der Waals surface area contributed by atoms with Crippen LogP contribution in [-0.4, -0.2) is 29.5 Å². The third kappa shape index (κ3) is 4.12. The van der Waals surface area contributed by atoms with Crippen LogP contribution in [0.4, 0.5) is 11.4 Å². The van der Waals surface area contributed by atoms with Crippen LogP contribution in [-0.2, 0) is 4.79 Å². The number of likely N-dealkylation sites (N-methyl/N-ethyl adjacent to an activating group) is 1. The van der Waals surface area contributed by atoms with Gasteiger partial charge >= 0.3 is 0 Å². The number of halogens is 2. The summed E-state index contributed by atoms with van der Waals surface area (Å²) in [7, 11) is 1.84. The van der Waals surface area contributed by atoms with Crippen molar-refractivity contribution in [2.24, 2.45) is 0 Å². The van der Waals surface area contributed by atoms with Gasteiger partial charge in [0.15, 0.2) is 0 Å². The molecule has 0 aliphatic carbocycles. The third-order valence-electron chi connectivity index (χ3n) is 3.79. The molecule has 0 bridgehead atoms. The minimum atomic E-state index is -0.226. The fraction of sp³-hybridized carbons (Fsp3) is 0.105. The molecule has 0 aliphatic heterocycles. The number of benzene rings is 1. The average Bonchev–Trinajstić information content (AvgIpc) is 2.65. The minimum Gasteiger partial charge on any atom is -0.365 e. The second kappa shape index (κ2) is 8.17. The highest BCUT2D eigenvalue weighted by atomic mass is 35.5. The first-order valence-electron chi connectivity index (χ1n) is 7.85. The van der Waals surface area contributed by atoms with Gasteiger partial charge in [-0.1, -0.05) is 35.3 Å². The lowest BCUT2D eigenvalue weighted by Gasteiger charge is -2.22. The Morgan fingerprint density at radius 1 is 1.04 bits per heavy atom. The number of carbonyl (C=O) groups is 1. The molecule has 0 aliphatic rings. The molecule has 0 saturated heterocycles. The number of carbonyl (C=O) groups excluding carboxylic acids is 1. The van der Waals surface area contributed by atoms with Crippen molar-refractivity contribution in [1.82, 2.24) is 9.97 Å². The zero-order chi connectivity index (χ0) is 18.5. The normalized spacial score (nSPS) is 10.4. The number of nitrogens with zero attached hydrogens (tertiary/aromatic N) is 3. The summed E-state index contributed by atoms with van der Waals surface area (Å²) in [4.78, 5) is 22.6. The molecule has 1 N–H and O–H groups in total. The summed E-state index contributed by atoms with van der Waals surface area (Å²) in [5.74, 6) is -0.226. The van der Waals surface area contributed by atoms with Crippen LogP contribution < -0.4 is 10.2 Å². The smallest absolute Gasteiger partial charge is 0.243 e. The van der Waals surface area contributed by atoms with E-state index in [0.29, 0.717) is 15.7 Å². The second-order valence-corrected chi connectivity index (χ2v) is 6.45. The zero-order valence-electron chi connectivity index (χ0n) is 14.0. The van der Waals surface area contributed by atoms with Crippen LogP contribution >= 0.6 is 23.2 Å². The van der Waals surface area contributed by atoms with Crippen molar-refractivity contribution >= 4 is 40.5 Å². The van der Waals surface area contributed by atoms with E-state index in [-0.39, 0.29) is 12.5 Å². The van der Waals surface area contributed by atoms with E-state index >= 15 is 0 Å². The highest BCUT2D eigenvalue weighted by molar-refractivity contribution is 6.39. The highest BCUT2D eigenvalue weighted by Crippen LogP contribution is 2.31. The Kier molecular flexibility index (Phi) is 5.71. The van der Waals surface area contributed by atoms with Crippen LogP contribution in [0.15, 0.2) is 61.2 Å². The van der Waals surface area contributed by atoms with E-state index in [1.54, 1.807) is 43.0 Å². The molecule has 5 nitrogen and oxygen atoms in total. The lowest BCUT2D eigenvalue weighted by molar-refractivity contribution is -0.114. The minimum absolute atomic E-state index is 0.124. The van der Waals surface area contributed by atoms with Gasteiger partial charge in [-0.2, -0.15) is 0 Å². The van der Waals surface area contributed by atoms with Crippen LogP contribution in [0, 0.1) is 0 Å². The molecular formula is C19H16Cl2N4O. The lowest BCUT2D eigenvalue weighted by atomic mass is 10.1. The fourth-order valence-electron chi connectivity index (χ4n) is 2.56. The van der Waals surface area contributed by atoms with E-state index in [4.69, 9.17) is 23.2 Å². The zero-order valence-corrected chi connectivity index (χ0v) is 15.5. The third-order valence-corrected chi connectivity index (χ3v) is 4.42. The number of hydrogen-bond donors (Lipinski definition) is 1. The number of anilines is 2. The van der Waals surface area contributed by atoms with Crippen molar-refractivity contribution in [3.8, 4) is 11.1 Å². The summed E-state index contributed by atoms with van der Waals surface area (Å²) in [6.45, 7) is 0.124. The molecule has 0 unspecified atom stereocenters. The summed E-state index contributed by atoms with van der Waals surface area (Å²) in [5.41, 5.74) is 3.11. The van der Waals surface area contributed by atoms with E-state index in [1.165, 1.54) is 0 Å². The molecule has 3 aromatic rings. The number of nitrogens with one attached hydrogen (secondary N) is 1. The molecule has 0 spiro atoms. The van der Waals surface area contributed by atoms with Crippen LogP contribution in [0.5, 0.6) is 0 Å². The first-order chi connectivity index (χ1) is 12.6. The predicted octanol–water partition coefficient (Wildman–Crippen LogP) is 4.53. The molecule has 1 aromatic carbocycles. The molecule has 7 heteroatoms. The Bertz CT molecular complexity index is 898. The topological polar surface area (TPSA) is 58.1 Å². The second-order valence-electron chi connectivity index (χ2n) is 5.64. The van der Waals surface area contributed by atoms with Crippen molar-refractivity contribution < 1.29 is 4.79 Å². The van der Waals surface area contributed by atoms with Gasteiger partial charge in [-0.3, -0.25) is 14.8 Å². The molecule has 0 atom stereocenters. The Morgan fingerprint density at radius 2 is 1.77 bits per heavy atom. The first-order valence-corrected chi connectivity index (χ1v) is 8.61. The van der Waals surface area contributed by atoms with Gasteiger partial charge in [0, 0.05) is 48.6 Å². The van der Waals surface area contributed by atoms with Gasteiger partial charge in [0.05, 0.1) is 22.3 Å². The van der Waals surface area contributed by atoms with Crippen molar-refractivity contribution in [2.45, 2.75) is 0 Å². The summed E-state index contributed by atoms with van der Waals surface area (Å²) in [5, 5.41) is 3.56. The number of rotatable bonds is 5. The van der Waals surface area contributed by atoms with Crippen LogP contribution in [0.25, 0.3) is 11.1 Å². The van der Waals surface area contributed by atoms with E-state index in [9.17, 15) is 4.79 Å². The molecule has 2 heterocycles. The van der Waals surface area contributed by atoms with Crippen LogP contribution in [0.2, 0.25) is 10.0 Å². The summed E-state index contributed by atoms with van der Waals surface area (Å²) < 4.78 is 0. The molecule has 0 radical (unpaired) electrons. The Morgan fingerprint density at radius 3 is 2.46 bits per heavy atom. The van der Waals surface area contributed by atoms with E-state index in [1.807, 2.05) is 30.1 Å². The number of amides is 1.